The lowest BCUT2D eigenvalue weighted by Crippen LogP contribution is -2.11. The Labute approximate surface area is 96.6 Å². The smallest absolute Gasteiger partial charge is 0.256 e. The van der Waals surface area contributed by atoms with Gasteiger partial charge in [0.2, 0.25) is 0 Å². The summed E-state index contributed by atoms with van der Waals surface area (Å²) in [5.74, 6) is 0. The quantitative estimate of drug-likeness (QED) is 0.657. The van der Waals surface area contributed by atoms with Gasteiger partial charge in [0, 0.05) is 5.39 Å². The summed E-state index contributed by atoms with van der Waals surface area (Å²) < 4.78 is 0. The third-order valence-electron chi connectivity index (χ3n) is 2.53. The lowest BCUT2D eigenvalue weighted by atomic mass is 10.1. The van der Waals surface area contributed by atoms with E-state index in [1.165, 1.54) is 6.07 Å². The van der Waals surface area contributed by atoms with Gasteiger partial charge in [-0.05, 0) is 29.1 Å². The standard InChI is InChI=1S/C12H10N2O3/c13-5-11(16)10-4-8-3-7(6-15)1-2-9(8)12(17)14-10/h1-4,11,15-16H,6H2,(H,14,17). The van der Waals surface area contributed by atoms with E-state index in [1.807, 2.05) is 0 Å². The van der Waals surface area contributed by atoms with Crippen molar-refractivity contribution in [3.8, 4) is 6.07 Å². The van der Waals surface area contributed by atoms with Gasteiger partial charge >= 0.3 is 0 Å². The van der Waals surface area contributed by atoms with Crippen molar-refractivity contribution in [2.75, 3.05) is 0 Å². The van der Waals surface area contributed by atoms with Gasteiger partial charge in [0.25, 0.3) is 5.56 Å². The van der Waals surface area contributed by atoms with E-state index in [0.29, 0.717) is 16.3 Å². The highest BCUT2D eigenvalue weighted by molar-refractivity contribution is 5.82. The summed E-state index contributed by atoms with van der Waals surface area (Å²) >= 11 is 0. The Kier molecular flexibility index (Phi) is 2.91. The highest BCUT2D eigenvalue weighted by Crippen LogP contribution is 2.16. The molecule has 0 aliphatic rings. The summed E-state index contributed by atoms with van der Waals surface area (Å²) in [6.07, 6.45) is -1.36. The third kappa shape index (κ3) is 2.04. The van der Waals surface area contributed by atoms with Crippen molar-refractivity contribution in [2.45, 2.75) is 12.7 Å². The number of nitrogens with zero attached hydrogens (tertiary/aromatic N) is 1. The van der Waals surface area contributed by atoms with Crippen molar-refractivity contribution in [1.29, 1.82) is 5.26 Å². The zero-order valence-corrected chi connectivity index (χ0v) is 8.84. The van der Waals surface area contributed by atoms with Crippen molar-refractivity contribution >= 4 is 10.8 Å². The number of hydrogen-bond donors (Lipinski definition) is 3. The van der Waals surface area contributed by atoms with Gasteiger partial charge in [0.1, 0.15) is 6.07 Å². The average Bonchev–Trinajstić information content (AvgIpc) is 2.36. The van der Waals surface area contributed by atoms with Crippen LogP contribution in [0.4, 0.5) is 0 Å². The van der Waals surface area contributed by atoms with Gasteiger partial charge < -0.3 is 15.2 Å². The van der Waals surface area contributed by atoms with Gasteiger partial charge in [-0.2, -0.15) is 5.26 Å². The number of nitriles is 1. The van der Waals surface area contributed by atoms with Gasteiger partial charge in [-0.15, -0.1) is 0 Å². The number of hydrogen-bond acceptors (Lipinski definition) is 4. The van der Waals surface area contributed by atoms with Gasteiger partial charge in [-0.1, -0.05) is 6.07 Å². The van der Waals surface area contributed by atoms with E-state index in [0.717, 1.165) is 0 Å². The Balaban J connectivity index is 2.71. The molecule has 1 aromatic carbocycles. The Hall–Kier alpha value is -2.16. The lowest BCUT2D eigenvalue weighted by molar-refractivity contribution is 0.231. The molecule has 0 saturated heterocycles. The van der Waals surface area contributed by atoms with Gasteiger partial charge in [0.15, 0.2) is 6.10 Å². The molecule has 86 valence electrons. The predicted octanol–water partition coefficient (Wildman–Crippen LogP) is 0.577. The first kappa shape index (κ1) is 11.3. The van der Waals surface area contributed by atoms with Crippen molar-refractivity contribution in [2.24, 2.45) is 0 Å². The number of aromatic amines is 1. The Morgan fingerprint density at radius 2 is 2.18 bits per heavy atom. The first-order valence-electron chi connectivity index (χ1n) is 5.00. The number of rotatable bonds is 2. The molecule has 1 unspecified atom stereocenters. The Bertz CT molecular complexity index is 655. The molecule has 1 aromatic heterocycles. The Morgan fingerprint density at radius 3 is 2.82 bits per heavy atom. The average molecular weight is 230 g/mol. The van der Waals surface area contributed by atoms with Crippen LogP contribution in [-0.2, 0) is 6.61 Å². The second kappa shape index (κ2) is 4.37. The zero-order chi connectivity index (χ0) is 12.4. The summed E-state index contributed by atoms with van der Waals surface area (Å²) in [5, 5.41) is 28.0. The first-order chi connectivity index (χ1) is 8.15. The van der Waals surface area contributed by atoms with Crippen molar-refractivity contribution < 1.29 is 10.2 Å². The van der Waals surface area contributed by atoms with E-state index in [4.69, 9.17) is 10.4 Å². The number of pyridine rings is 1. The van der Waals surface area contributed by atoms with Crippen LogP contribution in [0.1, 0.15) is 17.4 Å². The van der Waals surface area contributed by atoms with E-state index < -0.39 is 6.10 Å². The Morgan fingerprint density at radius 1 is 1.41 bits per heavy atom. The minimum atomic E-state index is -1.36. The first-order valence-corrected chi connectivity index (χ1v) is 5.00. The lowest BCUT2D eigenvalue weighted by Gasteiger charge is -2.05. The molecule has 2 aromatic rings. The van der Waals surface area contributed by atoms with Crippen LogP contribution in [0.5, 0.6) is 0 Å². The van der Waals surface area contributed by atoms with E-state index in [2.05, 4.69) is 4.98 Å². The summed E-state index contributed by atoms with van der Waals surface area (Å²) in [6.45, 7) is -0.126. The van der Waals surface area contributed by atoms with Crippen LogP contribution in [0, 0.1) is 11.3 Å². The molecule has 1 heterocycles. The van der Waals surface area contributed by atoms with Crippen LogP contribution in [0.2, 0.25) is 0 Å². The summed E-state index contributed by atoms with van der Waals surface area (Å²) in [7, 11) is 0. The fourth-order valence-electron chi connectivity index (χ4n) is 1.66. The molecule has 17 heavy (non-hydrogen) atoms. The van der Waals surface area contributed by atoms with E-state index >= 15 is 0 Å². The minimum Gasteiger partial charge on any atom is -0.392 e. The molecule has 1 atom stereocenters. The highest BCUT2D eigenvalue weighted by atomic mass is 16.3. The van der Waals surface area contributed by atoms with E-state index in [9.17, 15) is 9.90 Å². The van der Waals surface area contributed by atoms with Crippen LogP contribution in [0.3, 0.4) is 0 Å². The normalized spacial score (nSPS) is 12.3. The number of benzene rings is 1. The van der Waals surface area contributed by atoms with Crippen LogP contribution >= 0.6 is 0 Å². The molecular weight excluding hydrogens is 220 g/mol. The third-order valence-corrected chi connectivity index (χ3v) is 2.53. The van der Waals surface area contributed by atoms with Crippen molar-refractivity contribution in [1.82, 2.24) is 4.98 Å². The molecule has 0 bridgehead atoms. The van der Waals surface area contributed by atoms with Crippen LogP contribution in [-0.4, -0.2) is 15.2 Å². The van der Waals surface area contributed by atoms with E-state index in [1.54, 1.807) is 24.3 Å². The second-order valence-electron chi connectivity index (χ2n) is 3.67. The van der Waals surface area contributed by atoms with Crippen LogP contribution in [0.25, 0.3) is 10.8 Å². The van der Waals surface area contributed by atoms with Crippen LogP contribution in [0.15, 0.2) is 29.1 Å². The summed E-state index contributed by atoms with van der Waals surface area (Å²) in [4.78, 5) is 14.1. The van der Waals surface area contributed by atoms with Gasteiger partial charge in [-0.25, -0.2) is 0 Å². The van der Waals surface area contributed by atoms with Crippen LogP contribution < -0.4 is 5.56 Å². The minimum absolute atomic E-state index is 0.126. The summed E-state index contributed by atoms with van der Waals surface area (Å²) in [5.41, 5.74) is 0.455. The number of aliphatic hydroxyl groups is 2. The van der Waals surface area contributed by atoms with Gasteiger partial charge in [0.05, 0.1) is 12.3 Å². The number of aromatic nitrogens is 1. The molecular formula is C12H10N2O3. The largest absolute Gasteiger partial charge is 0.392 e. The predicted molar refractivity (Wildman–Crippen MR) is 61.1 cm³/mol. The number of fused-ring (bicyclic) bond motifs is 1. The molecule has 0 aliphatic carbocycles. The molecule has 0 amide bonds. The topological polar surface area (TPSA) is 97.1 Å². The highest BCUT2D eigenvalue weighted by Gasteiger charge is 2.09. The summed E-state index contributed by atoms with van der Waals surface area (Å²) in [6, 6.07) is 8.07. The molecule has 0 aliphatic heterocycles. The number of H-pyrrole nitrogens is 1. The van der Waals surface area contributed by atoms with E-state index in [-0.39, 0.29) is 17.9 Å². The monoisotopic (exact) mass is 230 g/mol. The molecule has 0 spiro atoms. The number of nitrogens with one attached hydrogen (secondary N) is 1. The molecule has 0 radical (unpaired) electrons. The molecule has 5 nitrogen and oxygen atoms in total. The van der Waals surface area contributed by atoms with Crippen molar-refractivity contribution in [3.05, 3.63) is 45.9 Å². The zero-order valence-electron chi connectivity index (χ0n) is 8.84. The molecule has 3 N–H and O–H groups in total. The molecule has 0 fully saturated rings. The maximum Gasteiger partial charge on any atom is 0.256 e. The fourth-order valence-corrected chi connectivity index (χ4v) is 1.66. The number of aliphatic hydroxyl groups excluding tert-OH is 2. The fraction of sp³-hybridized carbons (Fsp3) is 0.167. The molecule has 2 rings (SSSR count). The SMILES string of the molecule is N#CC(O)c1cc2cc(CO)ccc2c(=O)[nH]1. The maximum absolute atomic E-state index is 11.7. The maximum atomic E-state index is 11.7. The molecule has 0 saturated carbocycles. The second-order valence-corrected chi connectivity index (χ2v) is 3.67. The van der Waals surface area contributed by atoms with Crippen molar-refractivity contribution in [3.63, 3.8) is 0 Å². The van der Waals surface area contributed by atoms with Gasteiger partial charge in [-0.3, -0.25) is 4.79 Å². The molecule has 5 heteroatoms.